The standard InChI is InChI=1S/C19H22N4OS/c1-13-4-3-5-14(8-13)9-16(11-20)22-19(24)18-10-15(12-25-18)17-6-7-21-23(17)2/h3-8,10,12,16H,9,11,20H2,1-2H3,(H,22,24)/t16-/m0/s1. The van der Waals surface area contributed by atoms with Crippen LogP contribution in [0.3, 0.4) is 0 Å². The summed E-state index contributed by atoms with van der Waals surface area (Å²) in [7, 11) is 1.89. The summed E-state index contributed by atoms with van der Waals surface area (Å²) in [5.41, 5.74) is 10.2. The largest absolute Gasteiger partial charge is 0.347 e. The molecule has 130 valence electrons. The third-order valence-corrected chi connectivity index (χ3v) is 5.05. The summed E-state index contributed by atoms with van der Waals surface area (Å²) in [6.07, 6.45) is 2.48. The first-order valence-corrected chi connectivity index (χ1v) is 9.08. The maximum absolute atomic E-state index is 12.6. The van der Waals surface area contributed by atoms with Crippen LogP contribution >= 0.6 is 11.3 Å². The molecule has 0 aliphatic rings. The van der Waals surface area contributed by atoms with Gasteiger partial charge in [0.1, 0.15) is 0 Å². The van der Waals surface area contributed by atoms with Crippen molar-refractivity contribution in [1.29, 1.82) is 0 Å². The van der Waals surface area contributed by atoms with E-state index in [9.17, 15) is 4.79 Å². The maximum Gasteiger partial charge on any atom is 0.261 e. The summed E-state index contributed by atoms with van der Waals surface area (Å²) < 4.78 is 1.80. The molecule has 2 heterocycles. The topological polar surface area (TPSA) is 72.9 Å². The van der Waals surface area contributed by atoms with Crippen molar-refractivity contribution in [3.8, 4) is 11.3 Å². The van der Waals surface area contributed by atoms with Gasteiger partial charge in [0.2, 0.25) is 0 Å². The van der Waals surface area contributed by atoms with Gasteiger partial charge in [0, 0.05) is 36.8 Å². The lowest BCUT2D eigenvalue weighted by Gasteiger charge is -2.16. The van der Waals surface area contributed by atoms with Crippen LogP contribution in [-0.2, 0) is 13.5 Å². The number of nitrogens with one attached hydrogen (secondary N) is 1. The number of carbonyl (C=O) groups excluding carboxylic acids is 1. The first-order valence-electron chi connectivity index (χ1n) is 8.20. The zero-order chi connectivity index (χ0) is 17.8. The SMILES string of the molecule is Cc1cccc(C[C@@H](CN)NC(=O)c2cc(-c3ccnn3C)cs2)c1. The van der Waals surface area contributed by atoms with Crippen LogP contribution in [0.1, 0.15) is 20.8 Å². The van der Waals surface area contributed by atoms with E-state index in [1.54, 1.807) is 10.9 Å². The minimum Gasteiger partial charge on any atom is -0.347 e. The predicted octanol–water partition coefficient (Wildman–Crippen LogP) is 2.76. The summed E-state index contributed by atoms with van der Waals surface area (Å²) in [5, 5.41) is 9.19. The predicted molar refractivity (Wildman–Crippen MR) is 102 cm³/mol. The van der Waals surface area contributed by atoms with Crippen molar-refractivity contribution in [1.82, 2.24) is 15.1 Å². The number of hydrogen-bond donors (Lipinski definition) is 2. The fourth-order valence-corrected chi connectivity index (χ4v) is 3.62. The van der Waals surface area contributed by atoms with Gasteiger partial charge in [-0.1, -0.05) is 29.8 Å². The highest BCUT2D eigenvalue weighted by Gasteiger charge is 2.16. The third kappa shape index (κ3) is 4.15. The van der Waals surface area contributed by atoms with Gasteiger partial charge in [-0.05, 0) is 31.0 Å². The Labute approximate surface area is 151 Å². The van der Waals surface area contributed by atoms with Gasteiger partial charge in [0.05, 0.1) is 10.6 Å². The molecule has 3 N–H and O–H groups in total. The molecule has 0 aliphatic heterocycles. The molecule has 1 aromatic carbocycles. The van der Waals surface area contributed by atoms with Crippen molar-refractivity contribution >= 4 is 17.2 Å². The second-order valence-corrected chi connectivity index (χ2v) is 7.05. The molecule has 0 saturated carbocycles. The number of thiophene rings is 1. The number of nitrogens with zero attached hydrogens (tertiary/aromatic N) is 2. The zero-order valence-electron chi connectivity index (χ0n) is 14.4. The first kappa shape index (κ1) is 17.4. The lowest BCUT2D eigenvalue weighted by molar-refractivity contribution is 0.0942. The molecule has 25 heavy (non-hydrogen) atoms. The normalized spacial score (nSPS) is 12.1. The second-order valence-electron chi connectivity index (χ2n) is 6.14. The van der Waals surface area contributed by atoms with Crippen molar-refractivity contribution in [3.63, 3.8) is 0 Å². The van der Waals surface area contributed by atoms with Crippen LogP contribution in [0.15, 0.2) is 48.0 Å². The van der Waals surface area contributed by atoms with Crippen LogP contribution < -0.4 is 11.1 Å². The van der Waals surface area contributed by atoms with Crippen molar-refractivity contribution in [2.24, 2.45) is 12.8 Å². The van der Waals surface area contributed by atoms with E-state index in [0.29, 0.717) is 11.4 Å². The smallest absolute Gasteiger partial charge is 0.261 e. The van der Waals surface area contributed by atoms with Crippen LogP contribution in [0.2, 0.25) is 0 Å². The van der Waals surface area contributed by atoms with E-state index in [-0.39, 0.29) is 11.9 Å². The molecule has 0 radical (unpaired) electrons. The minimum atomic E-state index is -0.0865. The molecule has 0 aliphatic carbocycles. The van der Waals surface area contributed by atoms with E-state index in [0.717, 1.165) is 17.7 Å². The lowest BCUT2D eigenvalue weighted by Crippen LogP contribution is -2.41. The van der Waals surface area contributed by atoms with Crippen LogP contribution in [0.5, 0.6) is 0 Å². The number of hydrogen-bond acceptors (Lipinski definition) is 4. The van der Waals surface area contributed by atoms with E-state index in [2.05, 4.69) is 35.5 Å². The van der Waals surface area contributed by atoms with Gasteiger partial charge < -0.3 is 11.1 Å². The highest BCUT2D eigenvalue weighted by molar-refractivity contribution is 7.12. The van der Waals surface area contributed by atoms with Gasteiger partial charge >= 0.3 is 0 Å². The Balaban J connectivity index is 1.68. The molecule has 3 rings (SSSR count). The first-order chi connectivity index (χ1) is 12.1. The van der Waals surface area contributed by atoms with Gasteiger partial charge in [-0.25, -0.2) is 0 Å². The summed E-state index contributed by atoms with van der Waals surface area (Å²) in [6, 6.07) is 12.0. The molecule has 0 spiro atoms. The minimum absolute atomic E-state index is 0.0819. The van der Waals surface area contributed by atoms with E-state index in [4.69, 9.17) is 5.73 Å². The molecule has 2 aromatic heterocycles. The molecule has 6 heteroatoms. The van der Waals surface area contributed by atoms with Crippen molar-refractivity contribution in [2.45, 2.75) is 19.4 Å². The monoisotopic (exact) mass is 354 g/mol. The third-order valence-electron chi connectivity index (χ3n) is 4.12. The Morgan fingerprint density at radius 2 is 2.20 bits per heavy atom. The average molecular weight is 354 g/mol. The highest BCUT2D eigenvalue weighted by Crippen LogP contribution is 2.25. The van der Waals surface area contributed by atoms with Gasteiger partial charge in [-0.2, -0.15) is 5.10 Å². The summed E-state index contributed by atoms with van der Waals surface area (Å²) in [6.45, 7) is 2.46. The molecule has 0 fully saturated rings. The van der Waals surface area contributed by atoms with Crippen molar-refractivity contribution in [2.75, 3.05) is 6.54 Å². The zero-order valence-corrected chi connectivity index (χ0v) is 15.2. The summed E-state index contributed by atoms with van der Waals surface area (Å²) >= 11 is 1.43. The Morgan fingerprint density at radius 3 is 2.88 bits per heavy atom. The van der Waals surface area contributed by atoms with E-state index < -0.39 is 0 Å². The quantitative estimate of drug-likeness (QED) is 0.715. The molecule has 1 atom stereocenters. The number of rotatable bonds is 6. The molecule has 0 bridgehead atoms. The molecule has 5 nitrogen and oxygen atoms in total. The van der Waals surface area contributed by atoms with E-state index in [1.165, 1.54) is 22.5 Å². The number of nitrogens with two attached hydrogens (primary N) is 1. The Kier molecular flexibility index (Phi) is 5.31. The van der Waals surface area contributed by atoms with Crippen LogP contribution in [0, 0.1) is 6.92 Å². The van der Waals surface area contributed by atoms with E-state index >= 15 is 0 Å². The Hall–Kier alpha value is -2.44. The van der Waals surface area contributed by atoms with Crippen LogP contribution in [0.4, 0.5) is 0 Å². The molecule has 3 aromatic rings. The molecular formula is C19H22N4OS. The highest BCUT2D eigenvalue weighted by atomic mass is 32.1. The Bertz CT molecular complexity index is 868. The van der Waals surface area contributed by atoms with Gasteiger partial charge in [-0.3, -0.25) is 9.48 Å². The number of amides is 1. The second kappa shape index (κ2) is 7.63. The van der Waals surface area contributed by atoms with Gasteiger partial charge in [-0.15, -0.1) is 11.3 Å². The summed E-state index contributed by atoms with van der Waals surface area (Å²) in [5.74, 6) is -0.0819. The Morgan fingerprint density at radius 1 is 1.36 bits per heavy atom. The summed E-state index contributed by atoms with van der Waals surface area (Å²) in [4.78, 5) is 13.2. The number of benzene rings is 1. The number of aromatic nitrogens is 2. The number of carbonyl (C=O) groups is 1. The van der Waals surface area contributed by atoms with Crippen LogP contribution in [-0.4, -0.2) is 28.3 Å². The average Bonchev–Trinajstić information content (AvgIpc) is 3.22. The van der Waals surface area contributed by atoms with Crippen LogP contribution in [0.25, 0.3) is 11.3 Å². The fourth-order valence-electron chi connectivity index (χ4n) is 2.82. The lowest BCUT2D eigenvalue weighted by atomic mass is 10.0. The molecular weight excluding hydrogens is 332 g/mol. The van der Waals surface area contributed by atoms with E-state index in [1.807, 2.05) is 30.6 Å². The maximum atomic E-state index is 12.6. The molecule has 0 unspecified atom stereocenters. The molecule has 0 saturated heterocycles. The number of aryl methyl sites for hydroxylation is 2. The fraction of sp³-hybridized carbons (Fsp3) is 0.263. The van der Waals surface area contributed by atoms with Gasteiger partial charge in [0.15, 0.2) is 0 Å². The van der Waals surface area contributed by atoms with Crippen molar-refractivity contribution < 1.29 is 4.79 Å². The van der Waals surface area contributed by atoms with Crippen molar-refractivity contribution in [3.05, 3.63) is 64.0 Å². The molecule has 1 amide bonds. The van der Waals surface area contributed by atoms with Gasteiger partial charge in [0.25, 0.3) is 5.91 Å².